The van der Waals surface area contributed by atoms with E-state index in [-0.39, 0.29) is 24.8 Å². The highest BCUT2D eigenvalue weighted by Gasteiger charge is 2.18. The van der Waals surface area contributed by atoms with E-state index in [4.69, 9.17) is 4.74 Å². The second kappa shape index (κ2) is 11.1. The van der Waals surface area contributed by atoms with Crippen molar-refractivity contribution in [3.63, 3.8) is 0 Å². The molecule has 0 aromatic carbocycles. The van der Waals surface area contributed by atoms with Crippen LogP contribution in [0.5, 0.6) is 0 Å². The number of aromatic nitrogens is 5. The molecule has 35 heavy (non-hydrogen) atoms. The van der Waals surface area contributed by atoms with Gasteiger partial charge in [-0.25, -0.2) is 15.0 Å². The molecule has 0 saturated carbocycles. The van der Waals surface area contributed by atoms with Gasteiger partial charge in [-0.15, -0.1) is 0 Å². The number of anilines is 1. The maximum atomic E-state index is 12.7. The van der Waals surface area contributed by atoms with E-state index in [0.29, 0.717) is 41.7 Å². The predicted molar refractivity (Wildman–Crippen MR) is 127 cm³/mol. The Labute approximate surface area is 202 Å². The molecule has 0 spiro atoms. The molecule has 3 N–H and O–H groups in total. The highest BCUT2D eigenvalue weighted by Crippen LogP contribution is 2.23. The molecule has 1 aliphatic heterocycles. The number of pyridine rings is 1. The topological polar surface area (TPSA) is 147 Å². The molecule has 1 saturated heterocycles. The SMILES string of the molecule is C[C@@H](CO)NC(=O)c1cc(-c2ccc(NC(=O)CN3CCOCC3)nc2)nc(-c2cnn(C)c2)n1. The van der Waals surface area contributed by atoms with Crippen LogP contribution in [0.25, 0.3) is 22.6 Å². The lowest BCUT2D eigenvalue weighted by atomic mass is 10.1. The van der Waals surface area contributed by atoms with Gasteiger partial charge in [0.05, 0.1) is 43.8 Å². The van der Waals surface area contributed by atoms with Crippen molar-refractivity contribution in [2.45, 2.75) is 13.0 Å². The number of aliphatic hydroxyl groups excluding tert-OH is 1. The summed E-state index contributed by atoms with van der Waals surface area (Å²) in [7, 11) is 1.78. The number of nitrogens with one attached hydrogen (secondary N) is 2. The van der Waals surface area contributed by atoms with Gasteiger partial charge in [-0.2, -0.15) is 5.10 Å². The Morgan fingerprint density at radius 2 is 1.97 bits per heavy atom. The van der Waals surface area contributed by atoms with Crippen molar-refractivity contribution in [2.24, 2.45) is 7.05 Å². The summed E-state index contributed by atoms with van der Waals surface area (Å²) in [6.45, 7) is 4.47. The van der Waals surface area contributed by atoms with Gasteiger partial charge in [0, 0.05) is 44.1 Å². The number of nitrogens with zero attached hydrogens (tertiary/aromatic N) is 6. The number of hydrogen-bond donors (Lipinski definition) is 3. The van der Waals surface area contributed by atoms with Gasteiger partial charge in [-0.3, -0.25) is 19.2 Å². The second-order valence-corrected chi connectivity index (χ2v) is 8.29. The Hall–Kier alpha value is -3.74. The summed E-state index contributed by atoms with van der Waals surface area (Å²) in [6, 6.07) is 4.59. The van der Waals surface area contributed by atoms with Crippen LogP contribution in [0.4, 0.5) is 5.82 Å². The number of amides is 2. The molecule has 184 valence electrons. The summed E-state index contributed by atoms with van der Waals surface area (Å²) in [6.07, 6.45) is 4.95. The summed E-state index contributed by atoms with van der Waals surface area (Å²) in [5.41, 5.74) is 1.93. The van der Waals surface area contributed by atoms with E-state index >= 15 is 0 Å². The monoisotopic (exact) mass is 480 g/mol. The van der Waals surface area contributed by atoms with Gasteiger partial charge >= 0.3 is 0 Å². The third-order valence-corrected chi connectivity index (χ3v) is 5.37. The highest BCUT2D eigenvalue weighted by molar-refractivity contribution is 5.94. The minimum atomic E-state index is -0.430. The summed E-state index contributed by atoms with van der Waals surface area (Å²) in [5.74, 6) is 0.175. The molecule has 2 amide bonds. The second-order valence-electron chi connectivity index (χ2n) is 8.29. The average molecular weight is 481 g/mol. The van der Waals surface area contributed by atoms with E-state index in [1.807, 2.05) is 4.90 Å². The Kier molecular flexibility index (Phi) is 7.75. The van der Waals surface area contributed by atoms with Crippen LogP contribution in [0.2, 0.25) is 0 Å². The Morgan fingerprint density at radius 3 is 2.63 bits per heavy atom. The van der Waals surface area contributed by atoms with Crippen LogP contribution < -0.4 is 10.6 Å². The lowest BCUT2D eigenvalue weighted by molar-refractivity contribution is -0.118. The molecule has 0 radical (unpaired) electrons. The Balaban J connectivity index is 1.55. The molecule has 4 heterocycles. The van der Waals surface area contributed by atoms with Crippen LogP contribution in [0, 0.1) is 0 Å². The van der Waals surface area contributed by atoms with Crippen LogP contribution in [-0.4, -0.2) is 92.0 Å². The summed E-state index contributed by atoms with van der Waals surface area (Å²) in [4.78, 5) is 40.4. The molecule has 1 atom stereocenters. The van der Waals surface area contributed by atoms with E-state index in [1.54, 1.807) is 55.4 Å². The molecule has 1 fully saturated rings. The smallest absolute Gasteiger partial charge is 0.270 e. The van der Waals surface area contributed by atoms with Gasteiger partial charge in [0.1, 0.15) is 11.5 Å². The van der Waals surface area contributed by atoms with Crippen molar-refractivity contribution in [1.82, 2.24) is 34.9 Å². The van der Waals surface area contributed by atoms with Crippen LogP contribution >= 0.6 is 0 Å². The fourth-order valence-corrected chi connectivity index (χ4v) is 3.48. The highest BCUT2D eigenvalue weighted by atomic mass is 16.5. The number of rotatable bonds is 8. The molecule has 12 nitrogen and oxygen atoms in total. The summed E-state index contributed by atoms with van der Waals surface area (Å²) in [5, 5.41) is 18.9. The number of carbonyl (C=O) groups is 2. The maximum Gasteiger partial charge on any atom is 0.270 e. The fourth-order valence-electron chi connectivity index (χ4n) is 3.48. The van der Waals surface area contributed by atoms with Crippen molar-refractivity contribution in [3.8, 4) is 22.6 Å². The molecular formula is C23H28N8O4. The number of hydrogen-bond acceptors (Lipinski definition) is 9. The van der Waals surface area contributed by atoms with Crippen LogP contribution in [0.15, 0.2) is 36.8 Å². The zero-order valence-corrected chi connectivity index (χ0v) is 19.6. The standard InChI is InChI=1S/C23H28N8O4/c1-15(14-32)26-23(34)19-9-18(27-22(28-19)17-11-25-30(2)12-17)16-3-4-20(24-10-16)29-21(33)13-31-5-7-35-8-6-31/h3-4,9-12,15,32H,5-8,13-14H2,1-2H3,(H,26,34)(H,24,29,33)/t15-/m0/s1. The molecule has 0 aliphatic carbocycles. The number of morpholine rings is 1. The first-order chi connectivity index (χ1) is 16.9. The zero-order chi connectivity index (χ0) is 24.8. The van der Waals surface area contributed by atoms with E-state index < -0.39 is 11.9 Å². The van der Waals surface area contributed by atoms with E-state index in [0.717, 1.165) is 13.1 Å². The fraction of sp³-hybridized carbons (Fsp3) is 0.391. The minimum Gasteiger partial charge on any atom is -0.394 e. The van der Waals surface area contributed by atoms with Crippen molar-refractivity contribution in [3.05, 3.63) is 42.5 Å². The molecule has 1 aliphatic rings. The first kappa shape index (κ1) is 24.4. The number of carbonyl (C=O) groups excluding carboxylic acids is 2. The van der Waals surface area contributed by atoms with Crippen LogP contribution in [0.3, 0.4) is 0 Å². The van der Waals surface area contributed by atoms with E-state index in [1.165, 1.54) is 0 Å². The molecule has 3 aromatic heterocycles. The summed E-state index contributed by atoms with van der Waals surface area (Å²) < 4.78 is 6.92. The minimum absolute atomic E-state index is 0.148. The van der Waals surface area contributed by atoms with Gasteiger partial charge in [0.25, 0.3) is 5.91 Å². The van der Waals surface area contributed by atoms with E-state index in [2.05, 4.69) is 30.7 Å². The third kappa shape index (κ3) is 6.44. The lowest BCUT2D eigenvalue weighted by Crippen LogP contribution is -2.41. The first-order valence-corrected chi connectivity index (χ1v) is 11.3. The number of ether oxygens (including phenoxy) is 1. The van der Waals surface area contributed by atoms with Gasteiger partial charge in [-0.1, -0.05) is 0 Å². The van der Waals surface area contributed by atoms with Crippen LogP contribution in [0.1, 0.15) is 17.4 Å². The Bertz CT molecular complexity index is 1170. The predicted octanol–water partition coefficient (Wildman–Crippen LogP) is 0.320. The lowest BCUT2D eigenvalue weighted by Gasteiger charge is -2.25. The van der Waals surface area contributed by atoms with Gasteiger partial charge in [0.15, 0.2) is 5.82 Å². The van der Waals surface area contributed by atoms with Crippen molar-refractivity contribution in [1.29, 1.82) is 0 Å². The molecular weight excluding hydrogens is 452 g/mol. The van der Waals surface area contributed by atoms with Crippen LogP contribution in [-0.2, 0) is 16.6 Å². The zero-order valence-electron chi connectivity index (χ0n) is 19.6. The quantitative estimate of drug-likeness (QED) is 0.415. The van der Waals surface area contributed by atoms with Crippen molar-refractivity contribution in [2.75, 3.05) is 44.8 Å². The number of aryl methyl sites for hydroxylation is 1. The van der Waals surface area contributed by atoms with Gasteiger partial charge in [0.2, 0.25) is 5.91 Å². The normalized spacial score (nSPS) is 14.9. The molecule has 3 aromatic rings. The largest absolute Gasteiger partial charge is 0.394 e. The number of aliphatic hydroxyl groups is 1. The third-order valence-electron chi connectivity index (χ3n) is 5.37. The summed E-state index contributed by atoms with van der Waals surface area (Å²) >= 11 is 0. The average Bonchev–Trinajstić information content (AvgIpc) is 3.31. The van der Waals surface area contributed by atoms with Crippen molar-refractivity contribution < 1.29 is 19.4 Å². The molecule has 0 unspecified atom stereocenters. The molecule has 0 bridgehead atoms. The van der Waals surface area contributed by atoms with Gasteiger partial charge in [-0.05, 0) is 25.1 Å². The van der Waals surface area contributed by atoms with Gasteiger partial charge < -0.3 is 20.5 Å². The van der Waals surface area contributed by atoms with Crippen molar-refractivity contribution >= 4 is 17.6 Å². The van der Waals surface area contributed by atoms with E-state index in [9.17, 15) is 14.7 Å². The molecule has 4 rings (SSSR count). The maximum absolute atomic E-state index is 12.7. The molecule has 12 heteroatoms. The Morgan fingerprint density at radius 1 is 1.17 bits per heavy atom. The first-order valence-electron chi connectivity index (χ1n) is 11.3.